The van der Waals surface area contributed by atoms with E-state index in [9.17, 15) is 4.79 Å². The van der Waals surface area contributed by atoms with Crippen molar-refractivity contribution in [3.05, 3.63) is 59.2 Å². The molecule has 1 atom stereocenters. The maximum atomic E-state index is 12.6. The Bertz CT molecular complexity index is 1010. The number of likely N-dealkylation sites (tertiary alicyclic amines) is 1. The summed E-state index contributed by atoms with van der Waals surface area (Å²) in [5, 5.41) is 7.21. The van der Waals surface area contributed by atoms with E-state index in [1.54, 1.807) is 12.4 Å². The van der Waals surface area contributed by atoms with Crippen LogP contribution < -0.4 is 5.32 Å². The number of aryl methyl sites for hydroxylation is 3. The van der Waals surface area contributed by atoms with Crippen LogP contribution in [0.15, 0.2) is 41.2 Å². The molecule has 0 unspecified atom stereocenters. The van der Waals surface area contributed by atoms with Gasteiger partial charge < -0.3 is 9.84 Å². The maximum Gasteiger partial charge on any atom is 0.244 e. The normalized spacial score (nSPS) is 16.7. The minimum Gasteiger partial charge on any atom is -0.337 e. The summed E-state index contributed by atoms with van der Waals surface area (Å²) in [7, 11) is 0. The molecule has 4 rings (SSSR count). The van der Waals surface area contributed by atoms with Gasteiger partial charge in [0, 0.05) is 36.6 Å². The third-order valence-corrected chi connectivity index (χ3v) is 5.60. The Morgan fingerprint density at radius 1 is 1.20 bits per heavy atom. The number of aromatic nitrogens is 3. The van der Waals surface area contributed by atoms with Crippen molar-refractivity contribution in [2.24, 2.45) is 0 Å². The number of rotatable bonds is 6. The fourth-order valence-electron chi connectivity index (χ4n) is 4.19. The fraction of sp³-hybridized carbons (Fsp3) is 0.391. The van der Waals surface area contributed by atoms with Gasteiger partial charge in [-0.1, -0.05) is 22.9 Å². The second kappa shape index (κ2) is 8.75. The molecule has 7 heteroatoms. The van der Waals surface area contributed by atoms with Gasteiger partial charge >= 0.3 is 0 Å². The van der Waals surface area contributed by atoms with Crippen LogP contribution in [-0.2, 0) is 4.79 Å². The molecule has 0 radical (unpaired) electrons. The first-order chi connectivity index (χ1) is 14.5. The van der Waals surface area contributed by atoms with Gasteiger partial charge in [-0.05, 0) is 63.4 Å². The van der Waals surface area contributed by atoms with Gasteiger partial charge in [-0.3, -0.25) is 14.7 Å². The van der Waals surface area contributed by atoms with E-state index in [0.717, 1.165) is 41.8 Å². The number of nitrogens with zero attached hydrogens (tertiary/aromatic N) is 4. The van der Waals surface area contributed by atoms with E-state index >= 15 is 0 Å². The van der Waals surface area contributed by atoms with Crippen molar-refractivity contribution >= 4 is 11.6 Å². The van der Waals surface area contributed by atoms with Gasteiger partial charge in [0.25, 0.3) is 0 Å². The molecule has 1 fully saturated rings. The van der Waals surface area contributed by atoms with Crippen LogP contribution >= 0.6 is 0 Å². The molecule has 1 aliphatic heterocycles. The zero-order chi connectivity index (χ0) is 21.1. The van der Waals surface area contributed by atoms with Crippen LogP contribution in [0.2, 0.25) is 0 Å². The molecule has 0 aliphatic carbocycles. The third-order valence-electron chi connectivity index (χ3n) is 5.60. The summed E-state index contributed by atoms with van der Waals surface area (Å²) in [6, 6.07) is 7.97. The molecule has 156 valence electrons. The number of hydrogen-bond acceptors (Lipinski definition) is 6. The smallest absolute Gasteiger partial charge is 0.244 e. The van der Waals surface area contributed by atoms with Gasteiger partial charge in [0.15, 0.2) is 0 Å². The lowest BCUT2D eigenvalue weighted by Crippen LogP contribution is -2.28. The van der Waals surface area contributed by atoms with Gasteiger partial charge in [-0.25, -0.2) is 0 Å². The summed E-state index contributed by atoms with van der Waals surface area (Å²) in [5.74, 6) is 1.21. The SMILES string of the molecule is Cc1cc(C)c(NC(=O)CCN2CCC[C@H]2c2nc(-c3ccncc3)no2)c(C)c1. The number of carbonyl (C=O) groups excluding carboxylic acids is 1. The predicted molar refractivity (Wildman–Crippen MR) is 115 cm³/mol. The van der Waals surface area contributed by atoms with Gasteiger partial charge in [0.2, 0.25) is 17.6 Å². The van der Waals surface area contributed by atoms with Crippen LogP contribution in [0.4, 0.5) is 5.69 Å². The van der Waals surface area contributed by atoms with Crippen molar-refractivity contribution < 1.29 is 9.32 Å². The molecular formula is C23H27N5O2. The Morgan fingerprint density at radius 3 is 2.67 bits per heavy atom. The van der Waals surface area contributed by atoms with E-state index in [1.807, 2.05) is 26.0 Å². The molecule has 0 bridgehead atoms. The highest BCUT2D eigenvalue weighted by molar-refractivity contribution is 5.92. The minimum absolute atomic E-state index is 0.0266. The van der Waals surface area contributed by atoms with Crippen molar-refractivity contribution in [3.8, 4) is 11.4 Å². The summed E-state index contributed by atoms with van der Waals surface area (Å²) in [5.41, 5.74) is 5.19. The topological polar surface area (TPSA) is 84.2 Å². The molecule has 0 spiro atoms. The Labute approximate surface area is 176 Å². The van der Waals surface area contributed by atoms with Crippen molar-refractivity contribution in [1.82, 2.24) is 20.0 Å². The van der Waals surface area contributed by atoms with E-state index in [0.29, 0.717) is 24.7 Å². The van der Waals surface area contributed by atoms with Crippen molar-refractivity contribution in [2.75, 3.05) is 18.4 Å². The lowest BCUT2D eigenvalue weighted by Gasteiger charge is -2.21. The number of nitrogens with one attached hydrogen (secondary N) is 1. The Hall–Kier alpha value is -3.06. The van der Waals surface area contributed by atoms with E-state index in [4.69, 9.17) is 4.52 Å². The first-order valence-corrected chi connectivity index (χ1v) is 10.4. The van der Waals surface area contributed by atoms with Crippen LogP contribution in [-0.4, -0.2) is 39.0 Å². The monoisotopic (exact) mass is 405 g/mol. The van der Waals surface area contributed by atoms with E-state index < -0.39 is 0 Å². The van der Waals surface area contributed by atoms with E-state index in [1.165, 1.54) is 5.56 Å². The molecule has 1 saturated heterocycles. The van der Waals surface area contributed by atoms with Gasteiger partial charge in [-0.2, -0.15) is 4.98 Å². The highest BCUT2D eigenvalue weighted by Gasteiger charge is 2.31. The summed E-state index contributed by atoms with van der Waals surface area (Å²) < 4.78 is 5.55. The lowest BCUT2D eigenvalue weighted by atomic mass is 10.0. The lowest BCUT2D eigenvalue weighted by molar-refractivity contribution is -0.116. The zero-order valence-corrected chi connectivity index (χ0v) is 17.7. The fourth-order valence-corrected chi connectivity index (χ4v) is 4.19. The number of benzene rings is 1. The van der Waals surface area contributed by atoms with Crippen LogP contribution in [0.3, 0.4) is 0 Å². The highest BCUT2D eigenvalue weighted by Crippen LogP contribution is 2.32. The average molecular weight is 406 g/mol. The third kappa shape index (κ3) is 4.41. The Morgan fingerprint density at radius 2 is 1.93 bits per heavy atom. The summed E-state index contributed by atoms with van der Waals surface area (Å²) >= 11 is 0. The Balaban J connectivity index is 1.38. The average Bonchev–Trinajstić information content (AvgIpc) is 3.39. The molecule has 3 heterocycles. The molecule has 1 N–H and O–H groups in total. The molecule has 7 nitrogen and oxygen atoms in total. The minimum atomic E-state index is 0.0266. The number of pyridine rings is 1. The standard InChI is InChI=1S/C23H27N5O2/c1-15-13-16(2)21(17(3)14-15)25-20(29)8-12-28-11-4-5-19(28)23-26-22(27-30-23)18-6-9-24-10-7-18/h6-7,9-10,13-14,19H,4-5,8,11-12H2,1-3H3,(H,25,29)/t19-/m0/s1. The first-order valence-electron chi connectivity index (χ1n) is 10.4. The molecule has 1 aliphatic rings. The Kier molecular flexibility index (Phi) is 5.90. The van der Waals surface area contributed by atoms with Gasteiger partial charge in [-0.15, -0.1) is 0 Å². The van der Waals surface area contributed by atoms with Crippen molar-refractivity contribution in [2.45, 2.75) is 46.1 Å². The molecule has 0 saturated carbocycles. The first kappa shape index (κ1) is 20.2. The molecule has 2 aromatic heterocycles. The van der Waals surface area contributed by atoms with E-state index in [2.05, 4.69) is 44.4 Å². The second-order valence-electron chi connectivity index (χ2n) is 7.96. The summed E-state index contributed by atoms with van der Waals surface area (Å²) in [6.45, 7) is 7.71. The predicted octanol–water partition coefficient (Wildman–Crippen LogP) is 4.22. The molecule has 30 heavy (non-hydrogen) atoms. The maximum absolute atomic E-state index is 12.6. The van der Waals surface area contributed by atoms with Crippen molar-refractivity contribution in [1.29, 1.82) is 0 Å². The molecular weight excluding hydrogens is 378 g/mol. The van der Waals surface area contributed by atoms with Crippen LogP contribution in [0.5, 0.6) is 0 Å². The zero-order valence-electron chi connectivity index (χ0n) is 17.7. The highest BCUT2D eigenvalue weighted by atomic mass is 16.5. The van der Waals surface area contributed by atoms with Gasteiger partial charge in [0.05, 0.1) is 6.04 Å². The van der Waals surface area contributed by atoms with Crippen molar-refractivity contribution in [3.63, 3.8) is 0 Å². The van der Waals surface area contributed by atoms with Crippen LogP contribution in [0.1, 0.15) is 47.9 Å². The number of anilines is 1. The summed E-state index contributed by atoms with van der Waals surface area (Å²) in [6.07, 6.45) is 5.85. The van der Waals surface area contributed by atoms with Crippen LogP contribution in [0, 0.1) is 20.8 Å². The van der Waals surface area contributed by atoms with E-state index in [-0.39, 0.29) is 11.9 Å². The molecule has 1 amide bonds. The van der Waals surface area contributed by atoms with Gasteiger partial charge in [0.1, 0.15) is 0 Å². The summed E-state index contributed by atoms with van der Waals surface area (Å²) in [4.78, 5) is 23.5. The number of carbonyl (C=O) groups is 1. The quantitative estimate of drug-likeness (QED) is 0.661. The molecule has 3 aromatic rings. The molecule has 1 aromatic carbocycles. The largest absolute Gasteiger partial charge is 0.337 e. The second-order valence-corrected chi connectivity index (χ2v) is 7.96. The number of hydrogen-bond donors (Lipinski definition) is 1. The number of amides is 1. The van der Waals surface area contributed by atoms with Crippen LogP contribution in [0.25, 0.3) is 11.4 Å².